The molecule has 2 atom stereocenters. The van der Waals surface area contributed by atoms with Gasteiger partial charge in [-0.2, -0.15) is 13.2 Å². The van der Waals surface area contributed by atoms with Gasteiger partial charge in [-0.3, -0.25) is 4.79 Å². The number of hydrogen-bond donors (Lipinski definition) is 2. The average Bonchev–Trinajstić information content (AvgIpc) is 2.73. The lowest BCUT2D eigenvalue weighted by atomic mass is 9.87. The molecule has 0 spiro atoms. The number of halogens is 4. The molecule has 2 unspecified atom stereocenters. The van der Waals surface area contributed by atoms with Gasteiger partial charge < -0.3 is 11.1 Å². The van der Waals surface area contributed by atoms with Crippen molar-refractivity contribution in [1.29, 1.82) is 0 Å². The summed E-state index contributed by atoms with van der Waals surface area (Å²) in [4.78, 5) is 11.5. The minimum atomic E-state index is -4.39. The minimum absolute atomic E-state index is 0. The smallest absolute Gasteiger partial charge is 0.345 e. The number of carbonyl (C=O) groups excluding carboxylic acids is 1. The number of nitrogens with two attached hydrogens (primary N) is 1. The molecule has 1 saturated carbocycles. The fraction of sp³-hybridized carbons (Fsp3) is 0.900. The molecule has 0 bridgehead atoms. The minimum Gasteiger partial charge on any atom is -0.345 e. The normalized spacial score (nSPS) is 28.3. The number of hydrogen-bond acceptors (Lipinski definition) is 2. The number of amides is 1. The molecule has 3 nitrogen and oxygen atoms in total. The second-order valence-corrected chi connectivity index (χ2v) is 5.46. The summed E-state index contributed by atoms with van der Waals surface area (Å²) in [5.41, 5.74) is 4.49. The van der Waals surface area contributed by atoms with Crippen LogP contribution >= 0.6 is 12.4 Å². The predicted molar refractivity (Wildman–Crippen MR) is 60.8 cm³/mol. The van der Waals surface area contributed by atoms with Crippen molar-refractivity contribution in [3.8, 4) is 0 Å². The highest BCUT2D eigenvalue weighted by molar-refractivity contribution is 5.90. The second kappa shape index (κ2) is 4.65. The summed E-state index contributed by atoms with van der Waals surface area (Å²) in [6, 6.07) is 0. The van der Waals surface area contributed by atoms with E-state index >= 15 is 0 Å². The van der Waals surface area contributed by atoms with Crippen LogP contribution in [-0.2, 0) is 4.79 Å². The first-order valence-electron chi connectivity index (χ1n) is 5.11. The first-order chi connectivity index (χ1) is 6.97. The maximum absolute atomic E-state index is 11.9. The number of rotatable bonds is 2. The van der Waals surface area contributed by atoms with Crippen molar-refractivity contribution >= 4 is 18.3 Å². The van der Waals surface area contributed by atoms with Gasteiger partial charge in [0, 0.05) is 0 Å². The van der Waals surface area contributed by atoms with E-state index in [1.807, 2.05) is 26.1 Å². The maximum Gasteiger partial charge on any atom is 0.405 e. The topological polar surface area (TPSA) is 55.1 Å². The monoisotopic (exact) mass is 274 g/mol. The molecule has 3 N–H and O–H groups in total. The number of alkyl halides is 3. The third-order valence-electron chi connectivity index (χ3n) is 2.92. The van der Waals surface area contributed by atoms with Crippen molar-refractivity contribution < 1.29 is 18.0 Å². The molecule has 17 heavy (non-hydrogen) atoms. The molecule has 0 saturated heterocycles. The lowest BCUT2D eigenvalue weighted by Gasteiger charge is -2.22. The van der Waals surface area contributed by atoms with Gasteiger partial charge in [-0.05, 0) is 17.8 Å². The van der Waals surface area contributed by atoms with Crippen LogP contribution in [0.15, 0.2) is 0 Å². The summed E-state index contributed by atoms with van der Waals surface area (Å²) in [5.74, 6) is -0.766. The van der Waals surface area contributed by atoms with Gasteiger partial charge in [0.25, 0.3) is 0 Å². The molecular formula is C10H18ClF3N2O. The largest absolute Gasteiger partial charge is 0.405 e. The van der Waals surface area contributed by atoms with Crippen molar-refractivity contribution in [1.82, 2.24) is 5.32 Å². The Hall–Kier alpha value is -0.490. The van der Waals surface area contributed by atoms with E-state index in [4.69, 9.17) is 5.73 Å². The first kappa shape index (κ1) is 16.5. The molecule has 1 amide bonds. The van der Waals surface area contributed by atoms with Gasteiger partial charge in [0.1, 0.15) is 6.54 Å². The summed E-state index contributed by atoms with van der Waals surface area (Å²) in [7, 11) is 0. The molecule has 1 fully saturated rings. The van der Waals surface area contributed by atoms with Crippen LogP contribution < -0.4 is 11.1 Å². The molecular weight excluding hydrogens is 257 g/mol. The molecule has 0 aromatic carbocycles. The Morgan fingerprint density at radius 2 is 1.88 bits per heavy atom. The lowest BCUT2D eigenvalue weighted by Crippen LogP contribution is -2.48. The molecule has 1 aliphatic carbocycles. The molecule has 1 aliphatic rings. The zero-order valence-corrected chi connectivity index (χ0v) is 10.8. The van der Waals surface area contributed by atoms with Crippen LogP contribution in [0.5, 0.6) is 0 Å². The predicted octanol–water partition coefficient (Wildman–Crippen LogP) is 1.85. The van der Waals surface area contributed by atoms with Gasteiger partial charge in [-0.1, -0.05) is 20.8 Å². The Labute approximate surface area is 105 Å². The standard InChI is InChI=1S/C10H17F3N2O.ClH/c1-8(2,3)6-4-9(6,14)7(16)15-5-10(11,12)13;/h6H,4-5,14H2,1-3H3,(H,15,16);1H. The van der Waals surface area contributed by atoms with Crippen molar-refractivity contribution in [2.45, 2.75) is 38.9 Å². The highest BCUT2D eigenvalue weighted by Crippen LogP contribution is 2.52. The van der Waals surface area contributed by atoms with E-state index in [1.165, 1.54) is 0 Å². The molecule has 1 rings (SSSR count). The van der Waals surface area contributed by atoms with E-state index in [9.17, 15) is 18.0 Å². The van der Waals surface area contributed by atoms with Gasteiger partial charge in [-0.15, -0.1) is 12.4 Å². The van der Waals surface area contributed by atoms with Crippen LogP contribution in [0, 0.1) is 11.3 Å². The maximum atomic E-state index is 11.9. The van der Waals surface area contributed by atoms with Gasteiger partial charge in [0.2, 0.25) is 5.91 Å². The van der Waals surface area contributed by atoms with Crippen molar-refractivity contribution in [3.63, 3.8) is 0 Å². The van der Waals surface area contributed by atoms with Gasteiger partial charge in [0.05, 0.1) is 5.54 Å². The molecule has 0 aromatic heterocycles. The number of carbonyl (C=O) groups is 1. The van der Waals surface area contributed by atoms with Crippen LogP contribution in [0.4, 0.5) is 13.2 Å². The van der Waals surface area contributed by atoms with Gasteiger partial charge in [-0.25, -0.2) is 0 Å². The molecule has 0 aliphatic heterocycles. The summed E-state index contributed by atoms with van der Waals surface area (Å²) in [6.45, 7) is 4.44. The second-order valence-electron chi connectivity index (χ2n) is 5.46. The summed E-state index contributed by atoms with van der Waals surface area (Å²) < 4.78 is 35.7. The van der Waals surface area contributed by atoms with Crippen molar-refractivity contribution in [2.24, 2.45) is 17.1 Å². The molecule has 102 valence electrons. The lowest BCUT2D eigenvalue weighted by molar-refractivity contribution is -0.140. The fourth-order valence-electron chi connectivity index (χ4n) is 1.95. The third-order valence-corrected chi connectivity index (χ3v) is 2.92. The van der Waals surface area contributed by atoms with E-state index in [0.29, 0.717) is 6.42 Å². The van der Waals surface area contributed by atoms with E-state index in [1.54, 1.807) is 0 Å². The Kier molecular flexibility index (Phi) is 4.51. The van der Waals surface area contributed by atoms with Gasteiger partial charge >= 0.3 is 6.18 Å². The summed E-state index contributed by atoms with van der Waals surface area (Å²) in [6.07, 6.45) is -3.95. The molecule has 0 heterocycles. The number of nitrogens with one attached hydrogen (secondary N) is 1. The third kappa shape index (κ3) is 4.03. The fourth-order valence-corrected chi connectivity index (χ4v) is 1.95. The zero-order chi connectivity index (χ0) is 12.8. The summed E-state index contributed by atoms with van der Waals surface area (Å²) in [5, 5.41) is 1.84. The molecule has 0 radical (unpaired) electrons. The Morgan fingerprint density at radius 1 is 1.41 bits per heavy atom. The van der Waals surface area contributed by atoms with Crippen LogP contribution in [0.3, 0.4) is 0 Å². The van der Waals surface area contributed by atoms with Crippen LogP contribution in [0.2, 0.25) is 0 Å². The SMILES string of the molecule is CC(C)(C)C1CC1(N)C(=O)NCC(F)(F)F.Cl. The van der Waals surface area contributed by atoms with Gasteiger partial charge in [0.15, 0.2) is 0 Å². The van der Waals surface area contributed by atoms with E-state index in [-0.39, 0.29) is 23.7 Å². The Balaban J connectivity index is 0.00000256. The molecule has 0 aromatic rings. The Bertz CT molecular complexity index is 301. The quantitative estimate of drug-likeness (QED) is 0.807. The van der Waals surface area contributed by atoms with Crippen molar-refractivity contribution in [2.75, 3.05) is 6.54 Å². The van der Waals surface area contributed by atoms with E-state index in [2.05, 4.69) is 0 Å². The van der Waals surface area contributed by atoms with Crippen molar-refractivity contribution in [3.05, 3.63) is 0 Å². The highest BCUT2D eigenvalue weighted by atomic mass is 35.5. The Morgan fingerprint density at radius 3 is 2.18 bits per heavy atom. The van der Waals surface area contributed by atoms with Crippen LogP contribution in [-0.4, -0.2) is 24.2 Å². The van der Waals surface area contributed by atoms with E-state index < -0.39 is 24.2 Å². The van der Waals surface area contributed by atoms with Crippen LogP contribution in [0.1, 0.15) is 27.2 Å². The molecule has 7 heteroatoms. The highest BCUT2D eigenvalue weighted by Gasteiger charge is 2.61. The zero-order valence-electron chi connectivity index (χ0n) is 10.0. The first-order valence-corrected chi connectivity index (χ1v) is 5.11. The van der Waals surface area contributed by atoms with E-state index in [0.717, 1.165) is 0 Å². The summed E-state index contributed by atoms with van der Waals surface area (Å²) >= 11 is 0. The van der Waals surface area contributed by atoms with Crippen LogP contribution in [0.25, 0.3) is 0 Å². The average molecular weight is 275 g/mol.